The first kappa shape index (κ1) is 20.8. The predicted octanol–water partition coefficient (Wildman–Crippen LogP) is 5.24. The van der Waals surface area contributed by atoms with E-state index in [9.17, 15) is 9.59 Å². The van der Waals surface area contributed by atoms with Gasteiger partial charge in [-0.25, -0.2) is 0 Å². The van der Waals surface area contributed by atoms with Gasteiger partial charge >= 0.3 is 0 Å². The van der Waals surface area contributed by atoms with Gasteiger partial charge < -0.3 is 24.8 Å². The molecule has 7 nitrogen and oxygen atoms in total. The van der Waals surface area contributed by atoms with Gasteiger partial charge in [0.05, 0.1) is 22.8 Å². The average Bonchev–Trinajstić information content (AvgIpc) is 3.24. The molecule has 4 rings (SSSR count). The van der Waals surface area contributed by atoms with Gasteiger partial charge in [0.2, 0.25) is 6.79 Å². The zero-order chi connectivity index (χ0) is 22.0. The van der Waals surface area contributed by atoms with Crippen molar-refractivity contribution in [2.45, 2.75) is 0 Å². The minimum atomic E-state index is -0.390. The summed E-state index contributed by atoms with van der Waals surface area (Å²) in [7, 11) is 1.47. The van der Waals surface area contributed by atoms with Crippen molar-refractivity contribution in [3.63, 3.8) is 0 Å². The lowest BCUT2D eigenvalue weighted by Crippen LogP contribution is -2.15. The van der Waals surface area contributed by atoms with Gasteiger partial charge in [-0.3, -0.25) is 9.59 Å². The molecule has 0 aromatic heterocycles. The van der Waals surface area contributed by atoms with E-state index in [1.54, 1.807) is 48.5 Å². The van der Waals surface area contributed by atoms with E-state index < -0.39 is 5.91 Å². The Hall–Kier alpha value is -3.42. The van der Waals surface area contributed by atoms with Crippen LogP contribution in [0.5, 0.6) is 17.2 Å². The molecule has 9 heteroatoms. The van der Waals surface area contributed by atoms with Crippen molar-refractivity contribution in [3.8, 4) is 17.2 Å². The SMILES string of the molecule is COc1ccc(C(=O)Nc2ccc(Cl)c(Cl)c2)cc1NC(=O)c1ccc2c(c1)OCO2. The largest absolute Gasteiger partial charge is 0.495 e. The van der Waals surface area contributed by atoms with Crippen molar-refractivity contribution in [3.05, 3.63) is 75.8 Å². The summed E-state index contributed by atoms with van der Waals surface area (Å²) in [4.78, 5) is 25.4. The quantitative estimate of drug-likeness (QED) is 0.546. The Morgan fingerprint density at radius 2 is 1.55 bits per heavy atom. The van der Waals surface area contributed by atoms with Crippen LogP contribution in [-0.4, -0.2) is 25.7 Å². The number of nitrogens with one attached hydrogen (secondary N) is 2. The Morgan fingerprint density at radius 3 is 2.32 bits per heavy atom. The van der Waals surface area contributed by atoms with Crippen LogP contribution in [0.3, 0.4) is 0 Å². The highest BCUT2D eigenvalue weighted by Crippen LogP contribution is 2.33. The van der Waals surface area contributed by atoms with Gasteiger partial charge in [0.1, 0.15) is 5.75 Å². The van der Waals surface area contributed by atoms with Crippen LogP contribution in [0.15, 0.2) is 54.6 Å². The third-order valence-electron chi connectivity index (χ3n) is 4.52. The standard InChI is InChI=1S/C22H16Cl2N2O5/c1-29-18-6-2-12(21(27)25-14-4-5-15(23)16(24)10-14)8-17(18)26-22(28)13-3-7-19-20(9-13)31-11-30-19/h2-10H,11H2,1H3,(H,25,27)(H,26,28). The number of rotatable bonds is 5. The highest BCUT2D eigenvalue weighted by Gasteiger charge is 2.18. The van der Waals surface area contributed by atoms with E-state index >= 15 is 0 Å². The number of hydrogen-bond donors (Lipinski definition) is 2. The fraction of sp³-hybridized carbons (Fsp3) is 0.0909. The van der Waals surface area contributed by atoms with E-state index in [1.165, 1.54) is 13.2 Å². The number of halogens is 2. The summed E-state index contributed by atoms with van der Waals surface area (Å²) in [5, 5.41) is 6.22. The van der Waals surface area contributed by atoms with E-state index in [2.05, 4.69) is 10.6 Å². The number of fused-ring (bicyclic) bond motifs is 1. The summed E-state index contributed by atoms with van der Waals surface area (Å²) < 4.78 is 15.9. The second-order valence-corrected chi connectivity index (χ2v) is 7.33. The van der Waals surface area contributed by atoms with Crippen LogP contribution >= 0.6 is 23.2 Å². The van der Waals surface area contributed by atoms with Crippen LogP contribution in [0, 0.1) is 0 Å². The molecule has 1 heterocycles. The fourth-order valence-corrected chi connectivity index (χ4v) is 3.25. The van der Waals surface area contributed by atoms with Crippen LogP contribution in [0.1, 0.15) is 20.7 Å². The topological polar surface area (TPSA) is 85.9 Å². The van der Waals surface area contributed by atoms with Crippen LogP contribution in [0.4, 0.5) is 11.4 Å². The molecule has 0 bridgehead atoms. The van der Waals surface area contributed by atoms with Crippen LogP contribution < -0.4 is 24.8 Å². The molecule has 1 aliphatic heterocycles. The lowest BCUT2D eigenvalue weighted by Gasteiger charge is -2.13. The molecular formula is C22H16Cl2N2O5. The monoisotopic (exact) mass is 458 g/mol. The summed E-state index contributed by atoms with van der Waals surface area (Å²) in [6.45, 7) is 0.115. The number of ether oxygens (including phenoxy) is 3. The smallest absolute Gasteiger partial charge is 0.255 e. The molecule has 0 spiro atoms. The highest BCUT2D eigenvalue weighted by atomic mass is 35.5. The Labute approximate surface area is 187 Å². The molecule has 0 saturated heterocycles. The van der Waals surface area contributed by atoms with Gasteiger partial charge in [-0.05, 0) is 54.6 Å². The minimum absolute atomic E-state index is 0.115. The maximum Gasteiger partial charge on any atom is 0.255 e. The predicted molar refractivity (Wildman–Crippen MR) is 118 cm³/mol. The molecule has 0 fully saturated rings. The van der Waals surface area contributed by atoms with Crippen LogP contribution in [-0.2, 0) is 0 Å². The summed E-state index contributed by atoms with van der Waals surface area (Å²) in [5.74, 6) is 0.697. The first-order valence-corrected chi connectivity index (χ1v) is 9.85. The van der Waals surface area contributed by atoms with Crippen molar-refractivity contribution in [1.29, 1.82) is 0 Å². The molecule has 0 atom stereocenters. The molecule has 3 aromatic carbocycles. The zero-order valence-corrected chi connectivity index (χ0v) is 17.7. The van der Waals surface area contributed by atoms with Gasteiger partial charge in [-0.1, -0.05) is 23.2 Å². The molecule has 2 N–H and O–H groups in total. The summed E-state index contributed by atoms with van der Waals surface area (Å²) >= 11 is 11.9. The molecule has 2 amide bonds. The third kappa shape index (κ3) is 4.52. The minimum Gasteiger partial charge on any atom is -0.495 e. The molecule has 0 aliphatic carbocycles. The number of methoxy groups -OCH3 is 1. The molecule has 158 valence electrons. The number of carbonyl (C=O) groups is 2. The van der Waals surface area contributed by atoms with E-state index in [4.69, 9.17) is 37.4 Å². The maximum atomic E-state index is 12.7. The van der Waals surface area contributed by atoms with Gasteiger partial charge in [-0.2, -0.15) is 0 Å². The molecule has 31 heavy (non-hydrogen) atoms. The summed E-state index contributed by atoms with van der Waals surface area (Å²) in [6.07, 6.45) is 0. The lowest BCUT2D eigenvalue weighted by molar-refractivity contribution is 0.101. The summed E-state index contributed by atoms with van der Waals surface area (Å²) in [6, 6.07) is 14.4. The Kier molecular flexibility index (Phi) is 5.88. The maximum absolute atomic E-state index is 12.7. The number of hydrogen-bond acceptors (Lipinski definition) is 5. The van der Waals surface area contributed by atoms with E-state index in [0.717, 1.165) is 0 Å². The molecule has 3 aromatic rings. The van der Waals surface area contributed by atoms with E-state index in [-0.39, 0.29) is 12.7 Å². The summed E-state index contributed by atoms with van der Waals surface area (Å²) in [5.41, 5.74) is 1.51. The van der Waals surface area contributed by atoms with E-state index in [0.29, 0.717) is 49.8 Å². The molecular weight excluding hydrogens is 443 g/mol. The number of amides is 2. The second kappa shape index (κ2) is 8.75. The molecule has 0 radical (unpaired) electrons. The van der Waals surface area contributed by atoms with Gasteiger partial charge in [-0.15, -0.1) is 0 Å². The number of anilines is 2. The second-order valence-electron chi connectivity index (χ2n) is 6.52. The number of carbonyl (C=O) groups excluding carboxylic acids is 2. The van der Waals surface area contributed by atoms with E-state index in [1.807, 2.05) is 0 Å². The Balaban J connectivity index is 1.54. The zero-order valence-electron chi connectivity index (χ0n) is 16.2. The number of benzene rings is 3. The van der Waals surface area contributed by atoms with Crippen molar-refractivity contribution < 1.29 is 23.8 Å². The lowest BCUT2D eigenvalue weighted by atomic mass is 10.1. The van der Waals surface area contributed by atoms with Crippen LogP contribution in [0.25, 0.3) is 0 Å². The molecule has 0 unspecified atom stereocenters. The van der Waals surface area contributed by atoms with Crippen molar-refractivity contribution in [1.82, 2.24) is 0 Å². The first-order chi connectivity index (χ1) is 14.9. The van der Waals surface area contributed by atoms with Gasteiger partial charge in [0, 0.05) is 16.8 Å². The van der Waals surface area contributed by atoms with Crippen molar-refractivity contribution in [2.75, 3.05) is 24.5 Å². The van der Waals surface area contributed by atoms with Gasteiger partial charge in [0.15, 0.2) is 11.5 Å². The molecule has 1 aliphatic rings. The fourth-order valence-electron chi connectivity index (χ4n) is 2.96. The average molecular weight is 459 g/mol. The molecule has 0 saturated carbocycles. The third-order valence-corrected chi connectivity index (χ3v) is 5.26. The van der Waals surface area contributed by atoms with Crippen molar-refractivity contribution >= 4 is 46.4 Å². The van der Waals surface area contributed by atoms with Crippen molar-refractivity contribution in [2.24, 2.45) is 0 Å². The Bertz CT molecular complexity index is 1180. The highest BCUT2D eigenvalue weighted by molar-refractivity contribution is 6.42. The normalized spacial score (nSPS) is 11.7. The van der Waals surface area contributed by atoms with Crippen LogP contribution in [0.2, 0.25) is 10.0 Å². The Morgan fingerprint density at radius 1 is 0.839 bits per heavy atom. The van der Waals surface area contributed by atoms with Gasteiger partial charge in [0.25, 0.3) is 11.8 Å². The first-order valence-electron chi connectivity index (χ1n) is 9.10.